The fourth-order valence-electron chi connectivity index (χ4n) is 8.53. The number of aryl methyl sites for hydroxylation is 1. The molecule has 8 heteroatoms. The van der Waals surface area contributed by atoms with Crippen molar-refractivity contribution in [3.05, 3.63) is 216 Å². The van der Waals surface area contributed by atoms with Gasteiger partial charge in [0.05, 0.1) is 46.3 Å². The van der Waals surface area contributed by atoms with Gasteiger partial charge in [-0.2, -0.15) is 18.4 Å². The number of halogens is 3. The molecule has 0 unspecified atom stereocenters. The first-order valence-electron chi connectivity index (χ1n) is 20.6. The Morgan fingerprint density at radius 1 is 0.531 bits per heavy atom. The van der Waals surface area contributed by atoms with Gasteiger partial charge >= 0.3 is 6.18 Å². The van der Waals surface area contributed by atoms with Crippen molar-refractivity contribution in [1.29, 1.82) is 5.26 Å². The van der Waals surface area contributed by atoms with Crippen LogP contribution in [0, 0.1) is 24.8 Å². The number of hydrogen-bond donors (Lipinski definition) is 0. The van der Waals surface area contributed by atoms with E-state index in [1.165, 1.54) is 12.1 Å². The summed E-state index contributed by atoms with van der Waals surface area (Å²) in [6.45, 7) is 9.94. The van der Waals surface area contributed by atoms with Crippen molar-refractivity contribution in [2.75, 3.05) is 0 Å². The van der Waals surface area contributed by atoms with Crippen LogP contribution < -0.4 is 0 Å². The van der Waals surface area contributed by atoms with Crippen molar-refractivity contribution in [1.82, 2.24) is 14.5 Å². The maximum Gasteiger partial charge on any atom is 0.416 e. The number of fused-ring (bicyclic) bond motifs is 3. The maximum atomic E-state index is 14.6. The lowest BCUT2D eigenvalue weighted by Gasteiger charge is -2.22. The Hall–Kier alpha value is -8.59. The van der Waals surface area contributed by atoms with Crippen LogP contribution in [0.1, 0.15) is 16.7 Å². The predicted octanol–water partition coefficient (Wildman–Crippen LogP) is 15.3. The van der Waals surface area contributed by atoms with Gasteiger partial charge in [-0.25, -0.2) is 14.8 Å². The summed E-state index contributed by atoms with van der Waals surface area (Å²) in [5.74, 6) is 0.514. The largest absolute Gasteiger partial charge is 0.416 e. The fourth-order valence-corrected chi connectivity index (χ4v) is 8.53. The third kappa shape index (κ3) is 7.23. The van der Waals surface area contributed by atoms with Gasteiger partial charge in [-0.3, -0.25) is 0 Å². The van der Waals surface area contributed by atoms with Gasteiger partial charge in [0.15, 0.2) is 11.5 Å². The van der Waals surface area contributed by atoms with E-state index in [1.54, 1.807) is 24.3 Å². The highest BCUT2D eigenvalue weighted by atomic mass is 19.4. The van der Waals surface area contributed by atoms with Crippen molar-refractivity contribution in [2.24, 2.45) is 0 Å². The predicted molar refractivity (Wildman–Crippen MR) is 250 cm³/mol. The topological polar surface area (TPSA) is 58.9 Å². The lowest BCUT2D eigenvalue weighted by atomic mass is 9.90. The summed E-state index contributed by atoms with van der Waals surface area (Å²) in [5, 5.41) is 11.4. The quantitative estimate of drug-likeness (QED) is 0.150. The molecule has 0 radical (unpaired) electrons. The second-order valence-electron chi connectivity index (χ2n) is 15.6. The average Bonchev–Trinajstić information content (AvgIpc) is 3.66. The highest BCUT2D eigenvalue weighted by molar-refractivity contribution is 6.12. The van der Waals surface area contributed by atoms with E-state index in [0.29, 0.717) is 56.4 Å². The fraction of sp³-hybridized carbons (Fsp3) is 0.0357. The number of alkyl halides is 3. The standard InChI is InChI=1S/C56H34F3N5/c1-35-13-11-18-39(27-35)46-31-42(50-33-49(37-14-5-3-6-15-37)62-55(63-50)38-16-7-4-8-17-38)32-47(40-19-12-20-43(29-40)56(57,58)59)54(46)64-52-22-10-9-21-45(52)48-30-41(24-26-53(48)64)44-25-23-36(34-60)28-51(44)61-2/h3-33H,1H3. The SMILES string of the molecule is [C-]#[N+]c1cc(C#N)ccc1-c1ccc2c(c1)c1ccccc1n2-c1c(-c2cccc(C)c2)cc(-c2cc(-c3ccccc3)nc(-c3ccccc3)n2)cc1-c1cccc(C(F)(F)F)c1. The molecule has 2 heterocycles. The number of rotatable bonds is 7. The summed E-state index contributed by atoms with van der Waals surface area (Å²) in [6, 6.07) is 60.4. The number of aromatic nitrogens is 3. The van der Waals surface area contributed by atoms with E-state index < -0.39 is 11.7 Å². The second kappa shape index (κ2) is 16.0. The molecule has 0 amide bonds. The highest BCUT2D eigenvalue weighted by Gasteiger charge is 2.31. The van der Waals surface area contributed by atoms with Crippen molar-refractivity contribution >= 4 is 27.5 Å². The first-order valence-corrected chi connectivity index (χ1v) is 20.6. The summed E-state index contributed by atoms with van der Waals surface area (Å²) in [7, 11) is 0. The zero-order valence-electron chi connectivity index (χ0n) is 34.3. The molecule has 0 fully saturated rings. The van der Waals surface area contributed by atoms with E-state index in [1.807, 2.05) is 140 Å². The smallest absolute Gasteiger partial charge is 0.308 e. The maximum absolute atomic E-state index is 14.6. The Morgan fingerprint density at radius 3 is 1.83 bits per heavy atom. The number of nitriles is 1. The Labute approximate surface area is 367 Å². The summed E-state index contributed by atoms with van der Waals surface area (Å²) >= 11 is 0. The van der Waals surface area contributed by atoms with E-state index >= 15 is 0 Å². The van der Waals surface area contributed by atoms with Crippen molar-refractivity contribution in [2.45, 2.75) is 13.1 Å². The Bertz CT molecular complexity index is 3460. The molecule has 0 saturated heterocycles. The van der Waals surface area contributed by atoms with Gasteiger partial charge in [0.1, 0.15) is 0 Å². The molecule has 5 nitrogen and oxygen atoms in total. The van der Waals surface area contributed by atoms with Crippen LogP contribution in [0.4, 0.5) is 18.9 Å². The van der Waals surface area contributed by atoms with Gasteiger partial charge < -0.3 is 4.57 Å². The molecule has 8 aromatic carbocycles. The summed E-state index contributed by atoms with van der Waals surface area (Å²) in [5.41, 5.74) is 11.2. The van der Waals surface area contributed by atoms with Crippen LogP contribution in [0.5, 0.6) is 0 Å². The van der Waals surface area contributed by atoms with Crippen LogP contribution >= 0.6 is 0 Å². The van der Waals surface area contributed by atoms with Crippen LogP contribution in [0.3, 0.4) is 0 Å². The van der Waals surface area contributed by atoms with E-state index in [0.717, 1.165) is 61.3 Å². The molecule has 2 aromatic heterocycles. The van der Waals surface area contributed by atoms with E-state index in [2.05, 4.69) is 27.6 Å². The number of para-hydroxylation sites is 1. The van der Waals surface area contributed by atoms with Crippen molar-refractivity contribution in [3.63, 3.8) is 0 Å². The zero-order chi connectivity index (χ0) is 44.0. The van der Waals surface area contributed by atoms with Crippen molar-refractivity contribution < 1.29 is 13.2 Å². The van der Waals surface area contributed by atoms with E-state index in [9.17, 15) is 18.4 Å². The molecule has 10 aromatic rings. The minimum Gasteiger partial charge on any atom is -0.308 e. The lowest BCUT2D eigenvalue weighted by Crippen LogP contribution is -2.06. The summed E-state index contributed by atoms with van der Waals surface area (Å²) in [4.78, 5) is 13.9. The van der Waals surface area contributed by atoms with Gasteiger partial charge in [0.25, 0.3) is 0 Å². The van der Waals surface area contributed by atoms with Crippen LogP contribution in [0.25, 0.3) is 99.6 Å². The Balaban J connectivity index is 1.32. The molecule has 0 spiro atoms. The molecule has 304 valence electrons. The van der Waals surface area contributed by atoms with Crippen LogP contribution in [-0.4, -0.2) is 14.5 Å². The number of benzene rings is 8. The first-order chi connectivity index (χ1) is 31.2. The van der Waals surface area contributed by atoms with E-state index in [4.69, 9.17) is 16.5 Å². The lowest BCUT2D eigenvalue weighted by molar-refractivity contribution is -0.137. The van der Waals surface area contributed by atoms with Gasteiger partial charge in [0, 0.05) is 44.2 Å². The van der Waals surface area contributed by atoms with Crippen LogP contribution in [0.15, 0.2) is 188 Å². The third-order valence-electron chi connectivity index (χ3n) is 11.5. The normalized spacial score (nSPS) is 11.4. The van der Waals surface area contributed by atoms with Gasteiger partial charge in [-0.15, -0.1) is 0 Å². The molecule has 0 aliphatic carbocycles. The summed E-state index contributed by atoms with van der Waals surface area (Å²) in [6.07, 6.45) is -4.59. The van der Waals surface area contributed by atoms with Gasteiger partial charge in [0.2, 0.25) is 0 Å². The number of hydrogen-bond acceptors (Lipinski definition) is 3. The molecule has 0 N–H and O–H groups in total. The van der Waals surface area contributed by atoms with E-state index in [-0.39, 0.29) is 0 Å². The van der Waals surface area contributed by atoms with Crippen LogP contribution in [-0.2, 0) is 6.18 Å². The van der Waals surface area contributed by atoms with Gasteiger partial charge in [-0.1, -0.05) is 133 Å². The molecule has 0 bridgehead atoms. The minimum atomic E-state index is -4.59. The Morgan fingerprint density at radius 2 is 1.14 bits per heavy atom. The molecular weight excluding hydrogens is 800 g/mol. The third-order valence-corrected chi connectivity index (χ3v) is 11.5. The summed E-state index contributed by atoms with van der Waals surface area (Å²) < 4.78 is 46.1. The Kier molecular flexibility index (Phi) is 9.90. The molecule has 0 aliphatic rings. The highest BCUT2D eigenvalue weighted by Crippen LogP contribution is 2.46. The number of nitrogens with zero attached hydrogens (tertiary/aromatic N) is 5. The van der Waals surface area contributed by atoms with Crippen LogP contribution in [0.2, 0.25) is 0 Å². The van der Waals surface area contributed by atoms with Crippen molar-refractivity contribution in [3.8, 4) is 79.0 Å². The monoisotopic (exact) mass is 833 g/mol. The second-order valence-corrected chi connectivity index (χ2v) is 15.6. The molecule has 0 aliphatic heterocycles. The molecule has 0 atom stereocenters. The molecule has 0 saturated carbocycles. The zero-order valence-corrected chi connectivity index (χ0v) is 34.3. The molecular formula is C56H34F3N5. The molecule has 64 heavy (non-hydrogen) atoms. The average molecular weight is 834 g/mol. The van der Waals surface area contributed by atoms with Gasteiger partial charge in [-0.05, 0) is 89.8 Å². The minimum absolute atomic E-state index is 0.363. The molecule has 10 rings (SSSR count). The first kappa shape index (κ1) is 39.5.